The second kappa shape index (κ2) is 7.04. The van der Waals surface area contributed by atoms with Crippen molar-refractivity contribution in [1.29, 1.82) is 0 Å². The first-order valence-corrected chi connectivity index (χ1v) is 10.4. The van der Waals surface area contributed by atoms with E-state index in [0.29, 0.717) is 23.8 Å². The Balaban J connectivity index is 1.74. The third kappa shape index (κ3) is 4.23. The fraction of sp³-hybridized carbons (Fsp3) is 0.688. The van der Waals surface area contributed by atoms with Crippen LogP contribution in [0.3, 0.4) is 0 Å². The maximum Gasteiger partial charge on any atom is 0.272 e. The van der Waals surface area contributed by atoms with Gasteiger partial charge in [0.15, 0.2) is 9.84 Å². The predicted octanol–water partition coefficient (Wildman–Crippen LogP) is 1.40. The van der Waals surface area contributed by atoms with Gasteiger partial charge in [0.25, 0.3) is 5.91 Å². The van der Waals surface area contributed by atoms with Crippen LogP contribution < -0.4 is 5.32 Å². The number of likely N-dealkylation sites (tertiary alicyclic amines) is 1. The van der Waals surface area contributed by atoms with E-state index < -0.39 is 9.84 Å². The molecule has 1 N–H and O–H groups in total. The van der Waals surface area contributed by atoms with Crippen LogP contribution in [0.5, 0.6) is 0 Å². The van der Waals surface area contributed by atoms with Crippen molar-refractivity contribution in [3.63, 3.8) is 0 Å². The van der Waals surface area contributed by atoms with Crippen molar-refractivity contribution in [1.82, 2.24) is 14.9 Å². The second-order valence-corrected chi connectivity index (χ2v) is 8.87. The van der Waals surface area contributed by atoms with Crippen molar-refractivity contribution >= 4 is 21.6 Å². The summed E-state index contributed by atoms with van der Waals surface area (Å²) in [5, 5.41) is 3.15. The van der Waals surface area contributed by atoms with Crippen LogP contribution >= 0.6 is 0 Å². The van der Waals surface area contributed by atoms with Crippen molar-refractivity contribution in [2.75, 3.05) is 29.9 Å². The Morgan fingerprint density at radius 3 is 2.54 bits per heavy atom. The number of carbonyl (C=O) groups excluding carboxylic acids is 1. The number of rotatable bonds is 3. The summed E-state index contributed by atoms with van der Waals surface area (Å²) in [4.78, 5) is 23.2. The normalized spacial score (nSPS) is 23.7. The Morgan fingerprint density at radius 1 is 1.21 bits per heavy atom. The fourth-order valence-electron chi connectivity index (χ4n) is 3.30. The number of nitrogens with zero attached hydrogens (tertiary/aromatic N) is 3. The first-order valence-electron chi connectivity index (χ1n) is 8.55. The Hall–Kier alpha value is -1.70. The molecule has 2 saturated heterocycles. The number of nitrogens with one attached hydrogen (secondary N) is 1. The van der Waals surface area contributed by atoms with Gasteiger partial charge in [0.1, 0.15) is 17.3 Å². The SMILES string of the molecule is Cc1nc(NC2CCS(=O)(=O)C2)cc(C(=O)N2CCCCCC2)n1. The molecular formula is C16H24N4O3S. The van der Waals surface area contributed by atoms with E-state index in [4.69, 9.17) is 0 Å². The van der Waals surface area contributed by atoms with Gasteiger partial charge in [-0.15, -0.1) is 0 Å². The topological polar surface area (TPSA) is 92.3 Å². The first-order chi connectivity index (χ1) is 11.4. The molecule has 0 saturated carbocycles. The number of aromatic nitrogens is 2. The standard InChI is InChI=1S/C16H24N4O3S/c1-12-17-14(16(21)20-7-4-2-3-5-8-20)10-15(18-12)19-13-6-9-24(22,23)11-13/h10,13H,2-9,11H2,1H3,(H,17,18,19). The molecule has 3 rings (SSSR count). The van der Waals surface area contributed by atoms with E-state index in [1.807, 2.05) is 4.90 Å². The summed E-state index contributed by atoms with van der Waals surface area (Å²) in [6.07, 6.45) is 4.95. The quantitative estimate of drug-likeness (QED) is 0.884. The molecule has 1 unspecified atom stereocenters. The summed E-state index contributed by atoms with van der Waals surface area (Å²) in [5.74, 6) is 1.30. The van der Waals surface area contributed by atoms with Crippen molar-refractivity contribution in [3.05, 3.63) is 17.6 Å². The fourth-order valence-corrected chi connectivity index (χ4v) is 4.98. The van der Waals surface area contributed by atoms with Gasteiger partial charge in [-0.3, -0.25) is 4.79 Å². The number of amides is 1. The summed E-state index contributed by atoms with van der Waals surface area (Å²) in [6, 6.07) is 1.50. The summed E-state index contributed by atoms with van der Waals surface area (Å²) in [7, 11) is -2.95. The molecule has 0 spiro atoms. The van der Waals surface area contributed by atoms with Gasteiger partial charge < -0.3 is 10.2 Å². The van der Waals surface area contributed by atoms with Gasteiger partial charge in [0, 0.05) is 25.2 Å². The van der Waals surface area contributed by atoms with Crippen LogP contribution in [0.15, 0.2) is 6.07 Å². The molecule has 2 fully saturated rings. The average Bonchev–Trinajstić information content (AvgIpc) is 2.74. The third-order valence-corrected chi connectivity index (χ3v) is 6.30. The Labute approximate surface area is 142 Å². The van der Waals surface area contributed by atoms with E-state index in [-0.39, 0.29) is 23.5 Å². The number of hydrogen-bond acceptors (Lipinski definition) is 6. The minimum absolute atomic E-state index is 0.0653. The van der Waals surface area contributed by atoms with Crippen LogP contribution in [0.4, 0.5) is 5.82 Å². The van der Waals surface area contributed by atoms with E-state index in [1.54, 1.807) is 13.0 Å². The maximum atomic E-state index is 12.7. The zero-order chi connectivity index (χ0) is 17.2. The highest BCUT2D eigenvalue weighted by molar-refractivity contribution is 7.91. The van der Waals surface area contributed by atoms with Gasteiger partial charge >= 0.3 is 0 Å². The van der Waals surface area contributed by atoms with Gasteiger partial charge in [0.2, 0.25) is 0 Å². The van der Waals surface area contributed by atoms with Gasteiger partial charge in [0.05, 0.1) is 11.5 Å². The summed E-state index contributed by atoms with van der Waals surface area (Å²) in [5.41, 5.74) is 0.382. The molecular weight excluding hydrogens is 328 g/mol. The minimum Gasteiger partial charge on any atom is -0.366 e. The van der Waals surface area contributed by atoms with Gasteiger partial charge in [-0.2, -0.15) is 0 Å². The Kier molecular flexibility index (Phi) is 5.03. The first kappa shape index (κ1) is 17.1. The van der Waals surface area contributed by atoms with Crippen LogP contribution in [0, 0.1) is 6.92 Å². The highest BCUT2D eigenvalue weighted by Gasteiger charge is 2.28. The highest BCUT2D eigenvalue weighted by atomic mass is 32.2. The molecule has 132 valence electrons. The zero-order valence-corrected chi connectivity index (χ0v) is 14.8. The molecule has 0 aromatic carbocycles. The molecule has 24 heavy (non-hydrogen) atoms. The maximum absolute atomic E-state index is 12.7. The summed E-state index contributed by atoms with van der Waals surface area (Å²) in [6.45, 7) is 3.28. The summed E-state index contributed by atoms with van der Waals surface area (Å²) < 4.78 is 23.2. The molecule has 7 nitrogen and oxygen atoms in total. The molecule has 1 aromatic rings. The molecule has 0 aliphatic carbocycles. The largest absolute Gasteiger partial charge is 0.366 e. The van der Waals surface area contributed by atoms with Crippen molar-refractivity contribution in [2.45, 2.75) is 45.1 Å². The van der Waals surface area contributed by atoms with E-state index in [9.17, 15) is 13.2 Å². The molecule has 0 radical (unpaired) electrons. The van der Waals surface area contributed by atoms with E-state index in [2.05, 4.69) is 15.3 Å². The third-order valence-electron chi connectivity index (χ3n) is 4.53. The molecule has 8 heteroatoms. The second-order valence-electron chi connectivity index (χ2n) is 6.64. The molecule has 2 aliphatic rings. The van der Waals surface area contributed by atoms with Gasteiger partial charge in [-0.25, -0.2) is 18.4 Å². The molecule has 0 bridgehead atoms. The number of sulfone groups is 1. The molecule has 1 amide bonds. The zero-order valence-electron chi connectivity index (χ0n) is 14.0. The van der Waals surface area contributed by atoms with E-state index in [0.717, 1.165) is 38.8 Å². The van der Waals surface area contributed by atoms with E-state index in [1.165, 1.54) is 0 Å². The number of aryl methyl sites for hydroxylation is 1. The highest BCUT2D eigenvalue weighted by Crippen LogP contribution is 2.18. The van der Waals surface area contributed by atoms with Crippen LogP contribution in [0.1, 0.15) is 48.4 Å². The Morgan fingerprint density at radius 2 is 1.92 bits per heavy atom. The predicted molar refractivity (Wildman–Crippen MR) is 91.8 cm³/mol. The summed E-state index contributed by atoms with van der Waals surface area (Å²) >= 11 is 0. The lowest BCUT2D eigenvalue weighted by Gasteiger charge is -2.20. The lowest BCUT2D eigenvalue weighted by atomic mass is 10.2. The monoisotopic (exact) mass is 352 g/mol. The van der Waals surface area contributed by atoms with Crippen LogP contribution in [-0.2, 0) is 9.84 Å². The van der Waals surface area contributed by atoms with Gasteiger partial charge in [-0.1, -0.05) is 12.8 Å². The number of hydrogen-bond donors (Lipinski definition) is 1. The average molecular weight is 352 g/mol. The Bertz CT molecular complexity index is 712. The van der Waals surface area contributed by atoms with Crippen LogP contribution in [-0.4, -0.2) is 59.8 Å². The van der Waals surface area contributed by atoms with Crippen LogP contribution in [0.25, 0.3) is 0 Å². The smallest absolute Gasteiger partial charge is 0.272 e. The minimum atomic E-state index is -2.95. The van der Waals surface area contributed by atoms with Crippen molar-refractivity contribution in [2.24, 2.45) is 0 Å². The molecule has 1 atom stereocenters. The molecule has 2 aliphatic heterocycles. The molecule has 1 aromatic heterocycles. The number of anilines is 1. The molecule has 3 heterocycles. The van der Waals surface area contributed by atoms with Crippen molar-refractivity contribution < 1.29 is 13.2 Å². The lowest BCUT2D eigenvalue weighted by molar-refractivity contribution is 0.0755. The lowest BCUT2D eigenvalue weighted by Crippen LogP contribution is -2.33. The van der Waals surface area contributed by atoms with Crippen molar-refractivity contribution in [3.8, 4) is 0 Å². The number of carbonyl (C=O) groups is 1. The van der Waals surface area contributed by atoms with Gasteiger partial charge in [-0.05, 0) is 26.2 Å². The van der Waals surface area contributed by atoms with E-state index >= 15 is 0 Å². The van der Waals surface area contributed by atoms with Crippen LogP contribution in [0.2, 0.25) is 0 Å².